The summed E-state index contributed by atoms with van der Waals surface area (Å²) in [5.74, 6) is -0.806. The zero-order chi connectivity index (χ0) is 11.5. The number of carbonyl (C=O) groups is 1. The first kappa shape index (κ1) is 11.6. The molecule has 0 amide bonds. The van der Waals surface area contributed by atoms with Crippen LogP contribution < -0.4 is 0 Å². The third-order valence-corrected chi connectivity index (χ3v) is 3.66. The number of nitrogens with zero attached hydrogens (tertiary/aromatic N) is 2. The van der Waals surface area contributed by atoms with Crippen molar-refractivity contribution in [2.24, 2.45) is 0 Å². The topological polar surface area (TPSA) is 43.8 Å². The molecule has 1 unspecified atom stereocenters. The first-order valence-electron chi connectivity index (χ1n) is 6.03. The van der Waals surface area contributed by atoms with Gasteiger partial charge in [0, 0.05) is 37.8 Å². The molecule has 0 aromatic carbocycles. The quantitative estimate of drug-likeness (QED) is 0.720. The Morgan fingerprint density at radius 1 is 1.44 bits per heavy atom. The van der Waals surface area contributed by atoms with Crippen LogP contribution in [0.2, 0.25) is 0 Å². The molecule has 2 aliphatic heterocycles. The molecule has 2 aliphatic rings. The Morgan fingerprint density at radius 3 is 3.00 bits per heavy atom. The van der Waals surface area contributed by atoms with E-state index in [0.717, 1.165) is 26.2 Å². The van der Waals surface area contributed by atoms with Gasteiger partial charge in [-0.25, -0.2) is 4.79 Å². The fourth-order valence-corrected chi connectivity index (χ4v) is 2.57. The molecule has 4 heteroatoms. The van der Waals surface area contributed by atoms with E-state index in [1.54, 1.807) is 6.92 Å². The van der Waals surface area contributed by atoms with Gasteiger partial charge in [-0.15, -0.1) is 0 Å². The van der Waals surface area contributed by atoms with E-state index in [-0.39, 0.29) is 0 Å². The monoisotopic (exact) mass is 224 g/mol. The van der Waals surface area contributed by atoms with Gasteiger partial charge in [-0.2, -0.15) is 0 Å². The van der Waals surface area contributed by atoms with E-state index in [4.69, 9.17) is 5.11 Å². The standard InChI is InChI=1S/C12H20N2O2/c1-10(12(15)16)4-6-13-7-8-14-5-2-3-11(14)9-13/h4,11H,2-3,5-9H2,1H3,(H,15,16). The average molecular weight is 224 g/mol. The van der Waals surface area contributed by atoms with Crippen LogP contribution >= 0.6 is 0 Å². The van der Waals surface area contributed by atoms with Gasteiger partial charge in [0.15, 0.2) is 0 Å². The van der Waals surface area contributed by atoms with Crippen LogP contribution in [-0.2, 0) is 4.79 Å². The molecule has 2 heterocycles. The summed E-state index contributed by atoms with van der Waals surface area (Å²) in [5, 5.41) is 8.77. The lowest BCUT2D eigenvalue weighted by Crippen LogP contribution is -2.50. The summed E-state index contributed by atoms with van der Waals surface area (Å²) in [5.41, 5.74) is 0.453. The number of aliphatic carboxylic acids is 1. The Balaban J connectivity index is 1.83. The first-order valence-corrected chi connectivity index (χ1v) is 6.03. The molecule has 1 N–H and O–H groups in total. The molecular formula is C12H20N2O2. The molecule has 0 radical (unpaired) electrons. The Bertz CT molecular complexity index is 301. The number of carboxylic acids is 1. The fourth-order valence-electron chi connectivity index (χ4n) is 2.57. The van der Waals surface area contributed by atoms with Crippen molar-refractivity contribution in [1.29, 1.82) is 0 Å². The van der Waals surface area contributed by atoms with Gasteiger partial charge < -0.3 is 5.11 Å². The molecule has 2 rings (SSSR count). The lowest BCUT2D eigenvalue weighted by molar-refractivity contribution is -0.132. The van der Waals surface area contributed by atoms with E-state index in [1.165, 1.54) is 19.4 Å². The molecule has 0 aliphatic carbocycles. The van der Waals surface area contributed by atoms with Crippen LogP contribution in [0.4, 0.5) is 0 Å². The van der Waals surface area contributed by atoms with E-state index in [2.05, 4.69) is 9.80 Å². The van der Waals surface area contributed by atoms with Gasteiger partial charge in [-0.1, -0.05) is 6.08 Å². The highest BCUT2D eigenvalue weighted by Gasteiger charge is 2.29. The lowest BCUT2D eigenvalue weighted by atomic mass is 10.1. The number of hydrogen-bond donors (Lipinski definition) is 1. The first-order chi connectivity index (χ1) is 7.66. The molecule has 0 bridgehead atoms. The van der Waals surface area contributed by atoms with Crippen LogP contribution in [0, 0.1) is 0 Å². The average Bonchev–Trinajstić information content (AvgIpc) is 2.72. The third kappa shape index (κ3) is 2.62. The van der Waals surface area contributed by atoms with Gasteiger partial charge in [0.25, 0.3) is 0 Å². The van der Waals surface area contributed by atoms with Crippen molar-refractivity contribution in [3.05, 3.63) is 11.6 Å². The molecule has 0 aromatic heterocycles. The molecule has 90 valence electrons. The summed E-state index contributed by atoms with van der Waals surface area (Å²) in [6.07, 6.45) is 4.45. The van der Waals surface area contributed by atoms with Crippen molar-refractivity contribution >= 4 is 5.97 Å². The maximum atomic E-state index is 10.7. The zero-order valence-corrected chi connectivity index (χ0v) is 9.85. The number of rotatable bonds is 3. The van der Waals surface area contributed by atoms with Gasteiger partial charge >= 0.3 is 5.97 Å². The summed E-state index contributed by atoms with van der Waals surface area (Å²) < 4.78 is 0. The van der Waals surface area contributed by atoms with Gasteiger partial charge in [-0.3, -0.25) is 9.80 Å². The summed E-state index contributed by atoms with van der Waals surface area (Å²) in [6.45, 7) is 7.01. The highest BCUT2D eigenvalue weighted by Crippen LogP contribution is 2.21. The molecule has 2 fully saturated rings. The summed E-state index contributed by atoms with van der Waals surface area (Å²) >= 11 is 0. The molecular weight excluding hydrogens is 204 g/mol. The Labute approximate surface area is 96.5 Å². The molecule has 1 atom stereocenters. The summed E-state index contributed by atoms with van der Waals surface area (Å²) in [7, 11) is 0. The second kappa shape index (κ2) is 4.97. The fraction of sp³-hybridized carbons (Fsp3) is 0.750. The maximum absolute atomic E-state index is 10.7. The second-order valence-electron chi connectivity index (χ2n) is 4.78. The molecule has 0 saturated carbocycles. The maximum Gasteiger partial charge on any atom is 0.330 e. The Kier molecular flexibility index (Phi) is 3.61. The van der Waals surface area contributed by atoms with Gasteiger partial charge in [0.2, 0.25) is 0 Å². The van der Waals surface area contributed by atoms with E-state index in [1.807, 2.05) is 6.08 Å². The normalized spacial score (nSPS) is 28.1. The zero-order valence-electron chi connectivity index (χ0n) is 9.85. The second-order valence-corrected chi connectivity index (χ2v) is 4.78. The van der Waals surface area contributed by atoms with Crippen molar-refractivity contribution < 1.29 is 9.90 Å². The smallest absolute Gasteiger partial charge is 0.330 e. The van der Waals surface area contributed by atoms with E-state index >= 15 is 0 Å². The van der Waals surface area contributed by atoms with E-state index < -0.39 is 5.97 Å². The number of hydrogen-bond acceptors (Lipinski definition) is 3. The lowest BCUT2D eigenvalue weighted by Gasteiger charge is -2.37. The van der Waals surface area contributed by atoms with Crippen LogP contribution in [0.15, 0.2) is 11.6 Å². The van der Waals surface area contributed by atoms with Crippen molar-refractivity contribution in [1.82, 2.24) is 9.80 Å². The predicted octanol–water partition coefficient (Wildman–Crippen LogP) is 0.797. The van der Waals surface area contributed by atoms with Gasteiger partial charge in [0.1, 0.15) is 0 Å². The van der Waals surface area contributed by atoms with Crippen LogP contribution in [-0.4, -0.2) is 59.6 Å². The predicted molar refractivity (Wildman–Crippen MR) is 62.4 cm³/mol. The van der Waals surface area contributed by atoms with E-state index in [9.17, 15) is 4.79 Å². The Morgan fingerprint density at radius 2 is 2.25 bits per heavy atom. The van der Waals surface area contributed by atoms with Gasteiger partial charge in [-0.05, 0) is 26.3 Å². The molecule has 16 heavy (non-hydrogen) atoms. The number of carboxylic acid groups (broad SMARTS) is 1. The van der Waals surface area contributed by atoms with Crippen LogP contribution in [0.1, 0.15) is 19.8 Å². The molecule has 4 nitrogen and oxygen atoms in total. The minimum absolute atomic E-state index is 0.453. The molecule has 0 aromatic rings. The number of fused-ring (bicyclic) bond motifs is 1. The minimum Gasteiger partial charge on any atom is -0.478 e. The van der Waals surface area contributed by atoms with Gasteiger partial charge in [0.05, 0.1) is 0 Å². The van der Waals surface area contributed by atoms with Crippen molar-refractivity contribution in [3.63, 3.8) is 0 Å². The molecule has 2 saturated heterocycles. The largest absolute Gasteiger partial charge is 0.478 e. The number of piperazine rings is 1. The third-order valence-electron chi connectivity index (χ3n) is 3.66. The Hall–Kier alpha value is -0.870. The highest BCUT2D eigenvalue weighted by atomic mass is 16.4. The van der Waals surface area contributed by atoms with Crippen LogP contribution in [0.5, 0.6) is 0 Å². The van der Waals surface area contributed by atoms with Crippen molar-refractivity contribution in [2.75, 3.05) is 32.7 Å². The van der Waals surface area contributed by atoms with E-state index in [0.29, 0.717) is 11.6 Å². The minimum atomic E-state index is -0.806. The SMILES string of the molecule is CC(=CCN1CCN2CCCC2C1)C(=O)O. The summed E-state index contributed by atoms with van der Waals surface area (Å²) in [4.78, 5) is 15.6. The van der Waals surface area contributed by atoms with Crippen LogP contribution in [0.3, 0.4) is 0 Å². The van der Waals surface area contributed by atoms with Crippen molar-refractivity contribution in [2.45, 2.75) is 25.8 Å². The molecule has 0 spiro atoms. The summed E-state index contributed by atoms with van der Waals surface area (Å²) in [6, 6.07) is 0.715. The van der Waals surface area contributed by atoms with Crippen molar-refractivity contribution in [3.8, 4) is 0 Å². The highest BCUT2D eigenvalue weighted by molar-refractivity contribution is 5.85. The van der Waals surface area contributed by atoms with Crippen LogP contribution in [0.25, 0.3) is 0 Å².